The van der Waals surface area contributed by atoms with Crippen molar-refractivity contribution in [1.29, 1.82) is 0 Å². The highest BCUT2D eigenvalue weighted by molar-refractivity contribution is 6.06. The Bertz CT molecular complexity index is 1630. The molecule has 0 saturated carbocycles. The average molecular weight is 497 g/mol. The minimum Gasteiger partial charge on any atom is -0.454 e. The Morgan fingerprint density at radius 3 is 2.51 bits per heavy atom. The Kier molecular flexibility index (Phi) is 6.29. The van der Waals surface area contributed by atoms with Crippen LogP contribution in [0.4, 0.5) is 11.4 Å². The molecule has 0 saturated heterocycles. The normalized spacial score (nSPS) is 10.9. The first-order valence-electron chi connectivity index (χ1n) is 11.5. The first kappa shape index (κ1) is 23.6. The predicted octanol–water partition coefficient (Wildman–Crippen LogP) is 3.83. The molecule has 5 rings (SSSR count). The molecule has 10 heteroatoms. The maximum atomic E-state index is 13.1. The van der Waals surface area contributed by atoms with Gasteiger partial charge in [0.2, 0.25) is 0 Å². The molecule has 2 aromatic carbocycles. The van der Waals surface area contributed by atoms with E-state index in [9.17, 15) is 14.4 Å². The number of amides is 2. The van der Waals surface area contributed by atoms with E-state index in [0.717, 1.165) is 0 Å². The molecule has 2 N–H and O–H groups in total. The molecule has 3 aromatic heterocycles. The van der Waals surface area contributed by atoms with Crippen LogP contribution >= 0.6 is 0 Å². The Labute approximate surface area is 211 Å². The van der Waals surface area contributed by atoms with E-state index in [1.807, 2.05) is 30.3 Å². The maximum Gasteiger partial charge on any atom is 0.295 e. The van der Waals surface area contributed by atoms with Gasteiger partial charge >= 0.3 is 0 Å². The van der Waals surface area contributed by atoms with E-state index in [4.69, 9.17) is 4.42 Å². The second-order valence-electron chi connectivity index (χ2n) is 8.40. The number of rotatable bonds is 7. The summed E-state index contributed by atoms with van der Waals surface area (Å²) in [7, 11) is 1.75. The summed E-state index contributed by atoms with van der Waals surface area (Å²) in [5.74, 6) is -0.199. The molecular formula is C27H24N6O4. The largest absolute Gasteiger partial charge is 0.454 e. The summed E-state index contributed by atoms with van der Waals surface area (Å²) < 4.78 is 10.5. The highest BCUT2D eigenvalue weighted by atomic mass is 16.4. The number of nitrogens with zero attached hydrogens (tertiary/aromatic N) is 4. The lowest BCUT2D eigenvalue weighted by atomic mass is 10.2. The molecule has 0 unspecified atom stereocenters. The van der Waals surface area contributed by atoms with Gasteiger partial charge in [0, 0.05) is 30.7 Å². The zero-order valence-electron chi connectivity index (χ0n) is 20.2. The number of hydrogen-bond donors (Lipinski definition) is 2. The van der Waals surface area contributed by atoms with Crippen LogP contribution in [0.25, 0.3) is 5.69 Å². The molecule has 5 aromatic rings. The zero-order chi connectivity index (χ0) is 25.9. The third kappa shape index (κ3) is 4.85. The fourth-order valence-corrected chi connectivity index (χ4v) is 3.97. The van der Waals surface area contributed by atoms with Crippen molar-refractivity contribution in [3.05, 3.63) is 118 Å². The number of carbonyl (C=O) groups excluding carboxylic acids is 2. The van der Waals surface area contributed by atoms with Gasteiger partial charge in [0.05, 0.1) is 17.9 Å². The number of hydrogen-bond acceptors (Lipinski definition) is 5. The van der Waals surface area contributed by atoms with Crippen LogP contribution in [0, 0.1) is 6.92 Å². The monoisotopic (exact) mass is 496 g/mol. The number of aromatic nitrogens is 4. The smallest absolute Gasteiger partial charge is 0.295 e. The van der Waals surface area contributed by atoms with Crippen LogP contribution in [0.2, 0.25) is 0 Å². The number of benzene rings is 2. The van der Waals surface area contributed by atoms with Gasteiger partial charge in [-0.25, -0.2) is 4.68 Å². The first-order chi connectivity index (χ1) is 17.9. The van der Waals surface area contributed by atoms with Gasteiger partial charge in [-0.2, -0.15) is 5.10 Å². The quantitative estimate of drug-likeness (QED) is 0.355. The number of furan rings is 1. The van der Waals surface area contributed by atoms with Crippen molar-refractivity contribution >= 4 is 23.2 Å². The fourth-order valence-electron chi connectivity index (χ4n) is 3.97. The van der Waals surface area contributed by atoms with Crippen LogP contribution in [0.1, 0.15) is 32.4 Å². The Morgan fingerprint density at radius 2 is 1.76 bits per heavy atom. The van der Waals surface area contributed by atoms with Crippen molar-refractivity contribution in [1.82, 2.24) is 19.1 Å². The van der Waals surface area contributed by atoms with Crippen LogP contribution < -0.4 is 16.2 Å². The molecule has 2 amide bonds. The van der Waals surface area contributed by atoms with Crippen LogP contribution in [-0.4, -0.2) is 31.0 Å². The van der Waals surface area contributed by atoms with Crippen LogP contribution in [0.15, 0.2) is 94.4 Å². The SMILES string of the molecule is Cc1c(NC(=O)c2cccc(NC(=O)c3ccc(Cn4cccn4)o3)c2)c(=O)n(-c2ccccc2)n1C. The molecule has 0 bridgehead atoms. The van der Waals surface area contributed by atoms with Crippen LogP contribution in [0.5, 0.6) is 0 Å². The molecular weight excluding hydrogens is 472 g/mol. The molecule has 0 aliphatic carbocycles. The highest BCUT2D eigenvalue weighted by Crippen LogP contribution is 2.18. The molecule has 10 nitrogen and oxygen atoms in total. The lowest BCUT2D eigenvalue weighted by molar-refractivity contribution is 0.0991. The van der Waals surface area contributed by atoms with Crippen molar-refractivity contribution < 1.29 is 14.0 Å². The topological polar surface area (TPSA) is 116 Å². The van der Waals surface area contributed by atoms with E-state index >= 15 is 0 Å². The zero-order valence-corrected chi connectivity index (χ0v) is 20.2. The lowest BCUT2D eigenvalue weighted by Gasteiger charge is -2.08. The summed E-state index contributed by atoms with van der Waals surface area (Å²) in [6.07, 6.45) is 3.46. The summed E-state index contributed by atoms with van der Waals surface area (Å²) in [5, 5.41) is 9.59. The second kappa shape index (κ2) is 9.86. The van der Waals surface area contributed by atoms with Gasteiger partial charge in [-0.05, 0) is 55.5 Å². The van der Waals surface area contributed by atoms with Crippen molar-refractivity contribution in [2.24, 2.45) is 7.05 Å². The molecule has 0 fully saturated rings. The lowest BCUT2D eigenvalue weighted by Crippen LogP contribution is -2.23. The summed E-state index contributed by atoms with van der Waals surface area (Å²) in [4.78, 5) is 38.8. The second-order valence-corrected chi connectivity index (χ2v) is 8.40. The molecule has 0 aliphatic heterocycles. The average Bonchev–Trinajstić information content (AvgIpc) is 3.64. The molecule has 0 atom stereocenters. The molecule has 0 aliphatic rings. The van der Waals surface area contributed by atoms with Gasteiger partial charge in [0.15, 0.2) is 5.76 Å². The van der Waals surface area contributed by atoms with E-state index in [1.165, 1.54) is 10.7 Å². The molecule has 3 heterocycles. The number of para-hydroxylation sites is 1. The Hall–Kier alpha value is -5.12. The van der Waals surface area contributed by atoms with E-state index in [2.05, 4.69) is 15.7 Å². The standard InChI is InChI=1S/C27H24N6O4/c1-18-24(27(36)33(31(18)2)21-10-4-3-5-11-21)30-25(34)19-8-6-9-20(16-19)29-26(35)23-13-12-22(37-23)17-32-15-7-14-28-32/h3-16H,17H2,1-2H3,(H,29,35)(H,30,34). The van der Waals surface area contributed by atoms with Crippen molar-refractivity contribution in [2.75, 3.05) is 10.6 Å². The van der Waals surface area contributed by atoms with Gasteiger partial charge in [0.25, 0.3) is 17.4 Å². The van der Waals surface area contributed by atoms with Crippen LogP contribution in [-0.2, 0) is 13.6 Å². The van der Waals surface area contributed by atoms with E-state index in [1.54, 1.807) is 72.1 Å². The van der Waals surface area contributed by atoms with Gasteiger partial charge in [-0.15, -0.1) is 0 Å². The summed E-state index contributed by atoms with van der Waals surface area (Å²) in [5.41, 5.74) is 1.84. The minimum atomic E-state index is -0.471. The van der Waals surface area contributed by atoms with Crippen molar-refractivity contribution in [3.8, 4) is 5.69 Å². The number of anilines is 2. The Morgan fingerprint density at radius 1 is 0.946 bits per heavy atom. The minimum absolute atomic E-state index is 0.137. The maximum absolute atomic E-state index is 13.1. The van der Waals surface area contributed by atoms with Crippen molar-refractivity contribution in [2.45, 2.75) is 13.5 Å². The van der Waals surface area contributed by atoms with E-state index in [-0.39, 0.29) is 22.6 Å². The summed E-state index contributed by atoms with van der Waals surface area (Å²) >= 11 is 0. The van der Waals surface area contributed by atoms with E-state index in [0.29, 0.717) is 29.4 Å². The Balaban J connectivity index is 1.30. The third-order valence-corrected chi connectivity index (χ3v) is 5.94. The molecule has 37 heavy (non-hydrogen) atoms. The third-order valence-electron chi connectivity index (χ3n) is 5.94. The van der Waals surface area contributed by atoms with Gasteiger partial charge in [0.1, 0.15) is 11.4 Å². The highest BCUT2D eigenvalue weighted by Gasteiger charge is 2.19. The number of nitrogens with one attached hydrogen (secondary N) is 2. The molecule has 186 valence electrons. The molecule has 0 radical (unpaired) electrons. The summed E-state index contributed by atoms with van der Waals surface area (Å²) in [6.45, 7) is 2.16. The van der Waals surface area contributed by atoms with Crippen LogP contribution in [0.3, 0.4) is 0 Å². The van der Waals surface area contributed by atoms with Gasteiger partial charge < -0.3 is 15.1 Å². The first-order valence-corrected chi connectivity index (χ1v) is 11.5. The fraction of sp³-hybridized carbons (Fsp3) is 0.111. The molecule has 0 spiro atoms. The van der Waals surface area contributed by atoms with Crippen molar-refractivity contribution in [3.63, 3.8) is 0 Å². The van der Waals surface area contributed by atoms with Gasteiger partial charge in [-0.3, -0.25) is 23.7 Å². The summed E-state index contributed by atoms with van der Waals surface area (Å²) in [6, 6.07) is 20.7. The number of carbonyl (C=O) groups is 2. The van der Waals surface area contributed by atoms with E-state index < -0.39 is 11.8 Å². The predicted molar refractivity (Wildman–Crippen MR) is 138 cm³/mol. The van der Waals surface area contributed by atoms with Gasteiger partial charge in [-0.1, -0.05) is 24.3 Å².